The Hall–Kier alpha value is -1.82. The maximum Gasteiger partial charge on any atom is 0.275 e. The molecule has 0 radical (unpaired) electrons. The lowest BCUT2D eigenvalue weighted by Crippen LogP contribution is -2.14. The smallest absolute Gasteiger partial charge is 0.275 e. The standard InChI is InChI=1S/C11H7BrFN3O/c12-7-4-5-14-10(6-7)16-11(17)8-2-1-3-9(13)15-8/h1-6H,(H,14,16,17). The molecule has 86 valence electrons. The molecule has 0 fully saturated rings. The number of aromatic nitrogens is 2. The summed E-state index contributed by atoms with van der Waals surface area (Å²) in [4.78, 5) is 19.1. The van der Waals surface area contributed by atoms with E-state index in [-0.39, 0.29) is 5.69 Å². The molecule has 0 spiro atoms. The first-order valence-corrected chi connectivity index (χ1v) is 5.50. The van der Waals surface area contributed by atoms with Gasteiger partial charge in [0.15, 0.2) is 0 Å². The van der Waals surface area contributed by atoms with E-state index in [0.717, 1.165) is 4.47 Å². The predicted octanol–water partition coefficient (Wildman–Crippen LogP) is 2.63. The summed E-state index contributed by atoms with van der Waals surface area (Å²) < 4.78 is 13.6. The highest BCUT2D eigenvalue weighted by Gasteiger charge is 2.09. The number of hydrogen-bond donors (Lipinski definition) is 1. The summed E-state index contributed by atoms with van der Waals surface area (Å²) in [5.74, 6) is -0.828. The Morgan fingerprint density at radius 3 is 2.88 bits per heavy atom. The fraction of sp³-hybridized carbons (Fsp3) is 0. The van der Waals surface area contributed by atoms with Gasteiger partial charge in [0.05, 0.1) is 0 Å². The molecule has 0 saturated carbocycles. The average Bonchev–Trinajstić information content (AvgIpc) is 2.29. The number of carbonyl (C=O) groups excluding carboxylic acids is 1. The number of halogens is 2. The van der Waals surface area contributed by atoms with Crippen LogP contribution < -0.4 is 5.32 Å². The van der Waals surface area contributed by atoms with Crippen molar-refractivity contribution in [1.82, 2.24) is 9.97 Å². The average molecular weight is 296 g/mol. The second-order valence-corrected chi connectivity index (χ2v) is 4.07. The fourth-order valence-electron chi connectivity index (χ4n) is 1.19. The van der Waals surface area contributed by atoms with E-state index in [4.69, 9.17) is 0 Å². The number of nitrogens with zero attached hydrogens (tertiary/aromatic N) is 2. The molecule has 0 saturated heterocycles. The van der Waals surface area contributed by atoms with Gasteiger partial charge in [-0.15, -0.1) is 0 Å². The van der Waals surface area contributed by atoms with E-state index in [2.05, 4.69) is 31.2 Å². The molecule has 0 aliphatic heterocycles. The quantitative estimate of drug-likeness (QED) is 0.867. The highest BCUT2D eigenvalue weighted by Crippen LogP contribution is 2.13. The Bertz CT molecular complexity index is 562. The van der Waals surface area contributed by atoms with E-state index in [1.165, 1.54) is 18.2 Å². The minimum absolute atomic E-state index is 0.00627. The number of rotatable bonds is 2. The van der Waals surface area contributed by atoms with Crippen LogP contribution >= 0.6 is 15.9 Å². The van der Waals surface area contributed by atoms with Gasteiger partial charge in [0.2, 0.25) is 5.95 Å². The van der Waals surface area contributed by atoms with Gasteiger partial charge >= 0.3 is 0 Å². The van der Waals surface area contributed by atoms with Crippen molar-refractivity contribution in [1.29, 1.82) is 0 Å². The fourth-order valence-corrected chi connectivity index (χ4v) is 1.52. The lowest BCUT2D eigenvalue weighted by atomic mass is 10.3. The highest BCUT2D eigenvalue weighted by molar-refractivity contribution is 9.10. The van der Waals surface area contributed by atoms with Crippen LogP contribution in [0.4, 0.5) is 10.2 Å². The monoisotopic (exact) mass is 295 g/mol. The van der Waals surface area contributed by atoms with Gasteiger partial charge in [-0.25, -0.2) is 9.97 Å². The maximum absolute atomic E-state index is 12.8. The summed E-state index contributed by atoms with van der Waals surface area (Å²) in [6, 6.07) is 7.39. The molecule has 2 heterocycles. The zero-order valence-electron chi connectivity index (χ0n) is 8.52. The van der Waals surface area contributed by atoms with Crippen molar-refractivity contribution < 1.29 is 9.18 Å². The minimum atomic E-state index is -0.695. The van der Waals surface area contributed by atoms with Gasteiger partial charge < -0.3 is 5.32 Å². The Morgan fingerprint density at radius 1 is 1.35 bits per heavy atom. The maximum atomic E-state index is 12.8. The van der Waals surface area contributed by atoms with Gasteiger partial charge in [-0.2, -0.15) is 4.39 Å². The summed E-state index contributed by atoms with van der Waals surface area (Å²) in [6.07, 6.45) is 1.54. The van der Waals surface area contributed by atoms with Gasteiger partial charge in [0.1, 0.15) is 11.5 Å². The molecule has 17 heavy (non-hydrogen) atoms. The molecule has 0 aliphatic carbocycles. The van der Waals surface area contributed by atoms with E-state index in [0.29, 0.717) is 5.82 Å². The topological polar surface area (TPSA) is 54.9 Å². The van der Waals surface area contributed by atoms with Crippen molar-refractivity contribution in [3.8, 4) is 0 Å². The van der Waals surface area contributed by atoms with Crippen molar-refractivity contribution in [3.63, 3.8) is 0 Å². The molecule has 0 aliphatic rings. The SMILES string of the molecule is O=C(Nc1cc(Br)ccn1)c1cccc(F)n1. The molecule has 1 amide bonds. The normalized spacial score (nSPS) is 10.0. The molecule has 0 aromatic carbocycles. The molecule has 6 heteroatoms. The lowest BCUT2D eigenvalue weighted by molar-refractivity contribution is 0.102. The Kier molecular flexibility index (Phi) is 3.43. The summed E-state index contributed by atoms with van der Waals surface area (Å²) in [5.41, 5.74) is 0.00627. The number of pyridine rings is 2. The number of nitrogens with one attached hydrogen (secondary N) is 1. The Balaban J connectivity index is 2.17. The van der Waals surface area contributed by atoms with Crippen LogP contribution in [0.3, 0.4) is 0 Å². The third-order valence-corrected chi connectivity index (χ3v) is 2.40. The number of hydrogen-bond acceptors (Lipinski definition) is 3. The van der Waals surface area contributed by atoms with Crippen molar-refractivity contribution >= 4 is 27.7 Å². The van der Waals surface area contributed by atoms with E-state index in [1.54, 1.807) is 18.3 Å². The number of anilines is 1. The first kappa shape index (κ1) is 11.7. The Morgan fingerprint density at radius 2 is 2.18 bits per heavy atom. The number of carbonyl (C=O) groups is 1. The largest absolute Gasteiger partial charge is 0.305 e. The van der Waals surface area contributed by atoms with Crippen LogP contribution in [0.5, 0.6) is 0 Å². The lowest BCUT2D eigenvalue weighted by Gasteiger charge is -2.03. The van der Waals surface area contributed by atoms with Crippen LogP contribution in [0.2, 0.25) is 0 Å². The molecule has 1 N–H and O–H groups in total. The van der Waals surface area contributed by atoms with Crippen molar-refractivity contribution in [2.75, 3.05) is 5.32 Å². The predicted molar refractivity (Wildman–Crippen MR) is 64.1 cm³/mol. The van der Waals surface area contributed by atoms with Crippen LogP contribution in [0, 0.1) is 5.95 Å². The van der Waals surface area contributed by atoms with Crippen LogP contribution in [0.1, 0.15) is 10.5 Å². The molecular weight excluding hydrogens is 289 g/mol. The summed E-state index contributed by atoms with van der Waals surface area (Å²) >= 11 is 3.25. The molecule has 0 atom stereocenters. The first-order chi connectivity index (χ1) is 8.15. The second-order valence-electron chi connectivity index (χ2n) is 3.16. The third-order valence-electron chi connectivity index (χ3n) is 1.91. The van der Waals surface area contributed by atoms with Crippen LogP contribution in [-0.2, 0) is 0 Å². The highest BCUT2D eigenvalue weighted by atomic mass is 79.9. The van der Waals surface area contributed by atoms with E-state index in [9.17, 15) is 9.18 Å². The molecular formula is C11H7BrFN3O. The minimum Gasteiger partial charge on any atom is -0.305 e. The molecule has 2 aromatic heterocycles. The molecule has 0 unspecified atom stereocenters. The first-order valence-electron chi connectivity index (χ1n) is 4.70. The van der Waals surface area contributed by atoms with E-state index >= 15 is 0 Å². The van der Waals surface area contributed by atoms with Gasteiger partial charge in [-0.3, -0.25) is 4.79 Å². The summed E-state index contributed by atoms with van der Waals surface area (Å²) in [6.45, 7) is 0. The molecule has 2 rings (SSSR count). The van der Waals surface area contributed by atoms with E-state index < -0.39 is 11.9 Å². The number of amides is 1. The van der Waals surface area contributed by atoms with Crippen LogP contribution in [-0.4, -0.2) is 15.9 Å². The zero-order chi connectivity index (χ0) is 12.3. The summed E-state index contributed by atoms with van der Waals surface area (Å²) in [7, 11) is 0. The van der Waals surface area contributed by atoms with Crippen molar-refractivity contribution in [2.24, 2.45) is 0 Å². The van der Waals surface area contributed by atoms with Crippen molar-refractivity contribution in [3.05, 3.63) is 52.6 Å². The van der Waals surface area contributed by atoms with Gasteiger partial charge in [-0.05, 0) is 24.3 Å². The molecule has 0 bridgehead atoms. The van der Waals surface area contributed by atoms with Crippen molar-refractivity contribution in [2.45, 2.75) is 0 Å². The zero-order valence-corrected chi connectivity index (χ0v) is 10.1. The third kappa shape index (κ3) is 3.07. The van der Waals surface area contributed by atoms with Crippen LogP contribution in [0.15, 0.2) is 41.0 Å². The van der Waals surface area contributed by atoms with Gasteiger partial charge in [0, 0.05) is 10.7 Å². The van der Waals surface area contributed by atoms with Gasteiger partial charge in [-0.1, -0.05) is 22.0 Å². The molecule has 4 nitrogen and oxygen atoms in total. The van der Waals surface area contributed by atoms with Crippen LogP contribution in [0.25, 0.3) is 0 Å². The van der Waals surface area contributed by atoms with E-state index in [1.807, 2.05) is 0 Å². The van der Waals surface area contributed by atoms with Gasteiger partial charge in [0.25, 0.3) is 5.91 Å². The summed E-state index contributed by atoms with van der Waals surface area (Å²) in [5, 5.41) is 2.52. The Labute approximate surface area is 105 Å². The molecule has 2 aromatic rings. The second kappa shape index (κ2) is 5.01.